The molecule has 0 N–H and O–H groups in total. The molecule has 0 bridgehead atoms. The second-order valence-electron chi connectivity index (χ2n) is 6.41. The van der Waals surface area contributed by atoms with Crippen molar-refractivity contribution in [3.05, 3.63) is 34.9 Å². The van der Waals surface area contributed by atoms with Gasteiger partial charge in [0, 0.05) is 16.7 Å². The number of carbonyl (C=O) groups excluding carboxylic acids is 1. The average Bonchev–Trinajstić information content (AvgIpc) is 2.59. The first-order valence-corrected chi connectivity index (χ1v) is 9.49. The zero-order valence-electron chi connectivity index (χ0n) is 15.3. The molecule has 1 aromatic rings. The zero-order valence-corrected chi connectivity index (χ0v) is 16.1. The number of unbranched alkanes of at least 4 members (excludes halogenated alkanes) is 3. The summed E-state index contributed by atoms with van der Waals surface area (Å²) in [4.78, 5) is 12.6. The van der Waals surface area contributed by atoms with Gasteiger partial charge in [0.25, 0.3) is 0 Å². The molecule has 0 spiro atoms. The minimum Gasteiger partial charge on any atom is -0.465 e. The predicted octanol–water partition coefficient (Wildman–Crippen LogP) is 5.40. The van der Waals surface area contributed by atoms with Gasteiger partial charge in [0.05, 0.1) is 12.3 Å². The van der Waals surface area contributed by atoms with Gasteiger partial charge in [0.2, 0.25) is 0 Å². The van der Waals surface area contributed by atoms with Crippen LogP contribution in [0.25, 0.3) is 0 Å². The van der Waals surface area contributed by atoms with Crippen LogP contribution in [0.3, 0.4) is 0 Å². The summed E-state index contributed by atoms with van der Waals surface area (Å²) in [5, 5.41) is 9.36. The monoisotopic (exact) mass is 362 g/mol. The molecule has 136 valence electrons. The molecular weight excluding hydrogens is 336 g/mol. The Labute approximate surface area is 155 Å². The van der Waals surface area contributed by atoms with Crippen molar-refractivity contribution < 1.29 is 9.53 Å². The molecular formula is C20H27ClN2O2. The molecule has 1 aliphatic heterocycles. The maximum absolute atomic E-state index is 12.6. The highest BCUT2D eigenvalue weighted by molar-refractivity contribution is 6.30. The predicted molar refractivity (Wildman–Crippen MR) is 104 cm³/mol. The first kappa shape index (κ1) is 19.6. The van der Waals surface area contributed by atoms with Crippen LogP contribution < -0.4 is 0 Å². The highest BCUT2D eigenvalue weighted by Gasteiger charge is 2.38. The topological polar surface area (TPSA) is 51.0 Å². The van der Waals surface area contributed by atoms with Gasteiger partial charge in [0.1, 0.15) is 5.92 Å². The van der Waals surface area contributed by atoms with Crippen molar-refractivity contribution in [2.45, 2.75) is 58.8 Å². The van der Waals surface area contributed by atoms with Crippen LogP contribution in [-0.4, -0.2) is 24.0 Å². The number of benzene rings is 1. The SMILES string of the molecule is CCCCCCC1=NN=C(C)C(C(=O)OCC)C1c1cccc(Cl)c1. The lowest BCUT2D eigenvalue weighted by Crippen LogP contribution is -2.36. The van der Waals surface area contributed by atoms with E-state index >= 15 is 0 Å². The van der Waals surface area contributed by atoms with Crippen molar-refractivity contribution in [3.63, 3.8) is 0 Å². The van der Waals surface area contributed by atoms with Gasteiger partial charge in [0.15, 0.2) is 0 Å². The molecule has 5 heteroatoms. The fourth-order valence-electron chi connectivity index (χ4n) is 3.26. The molecule has 1 aromatic carbocycles. The number of halogens is 1. The van der Waals surface area contributed by atoms with E-state index in [1.54, 1.807) is 0 Å². The third-order valence-corrected chi connectivity index (χ3v) is 4.75. The average molecular weight is 363 g/mol. The van der Waals surface area contributed by atoms with E-state index in [1.165, 1.54) is 12.8 Å². The molecule has 25 heavy (non-hydrogen) atoms. The Balaban J connectivity index is 2.33. The molecule has 0 radical (unpaired) electrons. The lowest BCUT2D eigenvalue weighted by atomic mass is 9.78. The van der Waals surface area contributed by atoms with Gasteiger partial charge in [-0.25, -0.2) is 0 Å². The summed E-state index contributed by atoms with van der Waals surface area (Å²) in [7, 11) is 0. The van der Waals surface area contributed by atoms with Crippen molar-refractivity contribution in [2.75, 3.05) is 6.61 Å². The minimum absolute atomic E-state index is 0.156. The summed E-state index contributed by atoms with van der Waals surface area (Å²) in [5.41, 5.74) is 2.64. The quantitative estimate of drug-likeness (QED) is 0.459. The van der Waals surface area contributed by atoms with Crippen LogP contribution in [-0.2, 0) is 9.53 Å². The van der Waals surface area contributed by atoms with Crippen LogP contribution in [0, 0.1) is 5.92 Å². The third kappa shape index (κ3) is 5.15. The summed E-state index contributed by atoms with van der Waals surface area (Å²) >= 11 is 6.20. The van der Waals surface area contributed by atoms with E-state index in [9.17, 15) is 4.79 Å². The Hall–Kier alpha value is -1.68. The molecule has 0 saturated carbocycles. The summed E-state index contributed by atoms with van der Waals surface area (Å²) < 4.78 is 5.32. The molecule has 1 aliphatic rings. The first-order chi connectivity index (χ1) is 12.1. The summed E-state index contributed by atoms with van der Waals surface area (Å²) in [6.07, 6.45) is 5.44. The normalized spacial score (nSPS) is 20.0. The van der Waals surface area contributed by atoms with Crippen LogP contribution >= 0.6 is 11.6 Å². The van der Waals surface area contributed by atoms with Gasteiger partial charge in [-0.1, -0.05) is 49.9 Å². The molecule has 2 unspecified atom stereocenters. The highest BCUT2D eigenvalue weighted by atomic mass is 35.5. The molecule has 0 saturated heterocycles. The van der Waals surface area contributed by atoms with Crippen LogP contribution in [0.5, 0.6) is 0 Å². The molecule has 2 atom stereocenters. The van der Waals surface area contributed by atoms with Crippen molar-refractivity contribution in [2.24, 2.45) is 16.1 Å². The second kappa shape index (κ2) is 9.71. The fourth-order valence-corrected chi connectivity index (χ4v) is 3.46. The van der Waals surface area contributed by atoms with Crippen molar-refractivity contribution in [1.29, 1.82) is 0 Å². The minimum atomic E-state index is -0.433. The maximum atomic E-state index is 12.6. The molecule has 0 aromatic heterocycles. The van der Waals surface area contributed by atoms with Gasteiger partial charge in [-0.2, -0.15) is 10.2 Å². The smallest absolute Gasteiger partial charge is 0.315 e. The molecule has 1 heterocycles. The summed E-state index contributed by atoms with van der Waals surface area (Å²) in [6, 6.07) is 7.67. The van der Waals surface area contributed by atoms with E-state index < -0.39 is 5.92 Å². The Kier molecular flexibility index (Phi) is 7.63. The van der Waals surface area contributed by atoms with Gasteiger partial charge >= 0.3 is 5.97 Å². The van der Waals surface area contributed by atoms with E-state index in [4.69, 9.17) is 16.3 Å². The number of hydrogen-bond donors (Lipinski definition) is 0. The number of rotatable bonds is 8. The molecule has 0 aliphatic carbocycles. The molecule has 0 amide bonds. The Bertz CT molecular complexity index is 655. The Morgan fingerprint density at radius 1 is 1.20 bits per heavy atom. The third-order valence-electron chi connectivity index (χ3n) is 4.51. The largest absolute Gasteiger partial charge is 0.465 e. The Morgan fingerprint density at radius 2 is 2.00 bits per heavy atom. The van der Waals surface area contributed by atoms with Gasteiger partial charge < -0.3 is 4.74 Å². The fraction of sp³-hybridized carbons (Fsp3) is 0.550. The van der Waals surface area contributed by atoms with E-state index in [0.717, 1.165) is 30.5 Å². The number of nitrogens with zero attached hydrogens (tertiary/aromatic N) is 2. The Morgan fingerprint density at radius 3 is 2.68 bits per heavy atom. The van der Waals surface area contributed by atoms with E-state index in [2.05, 4.69) is 17.1 Å². The number of ether oxygens (including phenoxy) is 1. The van der Waals surface area contributed by atoms with E-state index in [1.807, 2.05) is 38.1 Å². The van der Waals surface area contributed by atoms with Crippen LogP contribution in [0.1, 0.15) is 64.4 Å². The van der Waals surface area contributed by atoms with Crippen molar-refractivity contribution >= 4 is 29.0 Å². The standard InChI is InChI=1S/C20H27ClN2O2/c1-4-6-7-8-12-17-19(15-10-9-11-16(21)13-15)18(14(3)22-23-17)20(24)25-5-2/h9-11,13,18-19H,4-8,12H2,1-3H3. The van der Waals surface area contributed by atoms with Crippen molar-refractivity contribution in [3.8, 4) is 0 Å². The van der Waals surface area contributed by atoms with E-state index in [0.29, 0.717) is 17.3 Å². The maximum Gasteiger partial charge on any atom is 0.315 e. The summed E-state index contributed by atoms with van der Waals surface area (Å²) in [5.74, 6) is -0.830. The second-order valence-corrected chi connectivity index (χ2v) is 6.84. The molecule has 4 nitrogen and oxygen atoms in total. The number of esters is 1. The van der Waals surface area contributed by atoms with E-state index in [-0.39, 0.29) is 11.9 Å². The summed E-state index contributed by atoms with van der Waals surface area (Å²) in [6.45, 7) is 6.21. The van der Waals surface area contributed by atoms with Crippen LogP contribution in [0.4, 0.5) is 0 Å². The van der Waals surface area contributed by atoms with Gasteiger partial charge in [-0.05, 0) is 44.4 Å². The van der Waals surface area contributed by atoms with Crippen LogP contribution in [0.2, 0.25) is 5.02 Å². The highest BCUT2D eigenvalue weighted by Crippen LogP contribution is 2.34. The van der Waals surface area contributed by atoms with Crippen LogP contribution in [0.15, 0.2) is 34.5 Å². The number of hydrogen-bond acceptors (Lipinski definition) is 4. The lowest BCUT2D eigenvalue weighted by molar-refractivity contribution is -0.145. The zero-order chi connectivity index (χ0) is 18.2. The molecule has 2 rings (SSSR count). The van der Waals surface area contributed by atoms with Gasteiger partial charge in [-0.15, -0.1) is 0 Å². The van der Waals surface area contributed by atoms with Gasteiger partial charge in [-0.3, -0.25) is 4.79 Å². The molecule has 0 fully saturated rings. The first-order valence-electron chi connectivity index (χ1n) is 9.11. The van der Waals surface area contributed by atoms with Crippen molar-refractivity contribution in [1.82, 2.24) is 0 Å². The number of carbonyl (C=O) groups is 1. The lowest BCUT2D eigenvalue weighted by Gasteiger charge is -2.29.